The molecule has 2 aliphatic heterocycles. The molecule has 0 spiro atoms. The summed E-state index contributed by atoms with van der Waals surface area (Å²) in [6.45, 7) is 14.9. The number of esters is 1. The zero-order chi connectivity index (χ0) is 27.5. The Balaban J connectivity index is 1.88. The number of aliphatic hydroxyl groups excluding tert-OH is 2. The van der Waals surface area contributed by atoms with Crippen LogP contribution in [0.1, 0.15) is 83.8 Å². The van der Waals surface area contributed by atoms with Gasteiger partial charge in [0.2, 0.25) is 0 Å². The van der Waals surface area contributed by atoms with Crippen LogP contribution in [0.5, 0.6) is 0 Å². The van der Waals surface area contributed by atoms with E-state index in [2.05, 4.69) is 18.5 Å². The van der Waals surface area contributed by atoms with Crippen molar-refractivity contribution in [2.75, 3.05) is 0 Å². The molecule has 8 heteroatoms. The minimum Gasteiger partial charge on any atom is -0.458 e. The standard InChI is InChI=1S/C29H43NO6S/c1-8-10-21-26(33)17(2)11-9-12-29(7)24(36-29)14-22(18(3)13-20-16-37-19(4)30-20)35-25(32)15-23(31)28(5,6)27(21)34/h8,13,16-17,21-24,26,31,33H,1,9-12,14-15H2,2-7H3/t17-,21+,22-,23-,24-,26-,29?/m0/s1. The smallest absolute Gasteiger partial charge is 0.309 e. The van der Waals surface area contributed by atoms with Crippen LogP contribution < -0.4 is 0 Å². The molecular formula is C29H43NO6S. The van der Waals surface area contributed by atoms with E-state index in [9.17, 15) is 19.8 Å². The molecule has 206 valence electrons. The van der Waals surface area contributed by atoms with Gasteiger partial charge in [-0.05, 0) is 57.6 Å². The molecule has 0 saturated carbocycles. The molecule has 1 aromatic rings. The van der Waals surface area contributed by atoms with Crippen molar-refractivity contribution >= 4 is 29.2 Å². The Hall–Kier alpha value is -1.87. The number of ketones is 1. The van der Waals surface area contributed by atoms with Crippen molar-refractivity contribution in [1.29, 1.82) is 0 Å². The first-order valence-electron chi connectivity index (χ1n) is 13.3. The van der Waals surface area contributed by atoms with E-state index in [0.29, 0.717) is 12.8 Å². The number of Topliss-reactive ketones (excluding diaryl/α,β-unsaturated/α-hetero) is 1. The number of hydrogen-bond donors (Lipinski definition) is 2. The quantitative estimate of drug-likeness (QED) is 0.317. The number of aryl methyl sites for hydroxylation is 1. The lowest BCUT2D eigenvalue weighted by atomic mass is 9.71. The molecule has 1 aromatic heterocycles. The first kappa shape index (κ1) is 29.7. The van der Waals surface area contributed by atoms with Gasteiger partial charge < -0.3 is 19.7 Å². The second-order valence-corrected chi connectivity index (χ2v) is 12.7. The van der Waals surface area contributed by atoms with Crippen LogP contribution in [0.15, 0.2) is 23.6 Å². The number of ether oxygens (including phenoxy) is 2. The van der Waals surface area contributed by atoms with Crippen molar-refractivity contribution in [2.45, 2.75) is 110 Å². The molecule has 2 N–H and O–H groups in total. The Morgan fingerprint density at radius 2 is 2.00 bits per heavy atom. The number of aliphatic hydroxyl groups is 2. The highest BCUT2D eigenvalue weighted by atomic mass is 32.1. The number of carbonyl (C=O) groups excluding carboxylic acids is 2. The molecule has 7 atom stereocenters. The highest BCUT2D eigenvalue weighted by Gasteiger charge is 2.53. The van der Waals surface area contributed by atoms with Crippen LogP contribution in [0, 0.1) is 24.2 Å². The van der Waals surface area contributed by atoms with E-state index >= 15 is 0 Å². The van der Waals surface area contributed by atoms with E-state index in [1.165, 1.54) is 0 Å². The topological polar surface area (TPSA) is 109 Å². The van der Waals surface area contributed by atoms with Gasteiger partial charge in [0, 0.05) is 17.7 Å². The van der Waals surface area contributed by atoms with Crippen LogP contribution in [-0.2, 0) is 19.1 Å². The number of hydrogen-bond acceptors (Lipinski definition) is 8. The summed E-state index contributed by atoms with van der Waals surface area (Å²) in [4.78, 5) is 31.1. The predicted molar refractivity (Wildman–Crippen MR) is 145 cm³/mol. The van der Waals surface area contributed by atoms with Crippen molar-refractivity contribution in [2.24, 2.45) is 17.3 Å². The van der Waals surface area contributed by atoms with Gasteiger partial charge >= 0.3 is 5.97 Å². The lowest BCUT2D eigenvalue weighted by Gasteiger charge is -2.35. The molecule has 0 aliphatic carbocycles. The monoisotopic (exact) mass is 533 g/mol. The number of epoxide rings is 1. The van der Waals surface area contributed by atoms with Crippen molar-refractivity contribution in [1.82, 2.24) is 4.98 Å². The molecule has 2 saturated heterocycles. The van der Waals surface area contributed by atoms with Crippen LogP contribution in [-0.4, -0.2) is 57.0 Å². The summed E-state index contributed by atoms with van der Waals surface area (Å²) >= 11 is 1.56. The Kier molecular flexibility index (Phi) is 9.54. The maximum absolute atomic E-state index is 13.6. The van der Waals surface area contributed by atoms with E-state index in [4.69, 9.17) is 9.47 Å². The van der Waals surface area contributed by atoms with E-state index < -0.39 is 35.6 Å². The van der Waals surface area contributed by atoms with Gasteiger partial charge in [0.15, 0.2) is 0 Å². The van der Waals surface area contributed by atoms with Crippen LogP contribution in [0.3, 0.4) is 0 Å². The van der Waals surface area contributed by atoms with Crippen molar-refractivity contribution in [3.8, 4) is 0 Å². The minimum absolute atomic E-state index is 0.0598. The normalized spacial score (nSPS) is 35.9. The van der Waals surface area contributed by atoms with Crippen LogP contribution in [0.4, 0.5) is 0 Å². The molecule has 37 heavy (non-hydrogen) atoms. The maximum atomic E-state index is 13.6. The summed E-state index contributed by atoms with van der Waals surface area (Å²) in [6.07, 6.45) is 3.71. The van der Waals surface area contributed by atoms with Crippen LogP contribution in [0.2, 0.25) is 0 Å². The fraction of sp³-hybridized carbons (Fsp3) is 0.690. The molecule has 3 rings (SSSR count). The number of allylic oxidation sites excluding steroid dienone is 1. The fourth-order valence-corrected chi connectivity index (χ4v) is 5.86. The van der Waals surface area contributed by atoms with Gasteiger partial charge in [-0.25, -0.2) is 4.98 Å². The molecule has 0 amide bonds. The average Bonchev–Trinajstić information content (AvgIpc) is 3.27. The van der Waals surface area contributed by atoms with Crippen molar-refractivity contribution in [3.05, 3.63) is 34.3 Å². The highest BCUT2D eigenvalue weighted by Crippen LogP contribution is 2.45. The predicted octanol–water partition coefficient (Wildman–Crippen LogP) is 5.03. The third kappa shape index (κ3) is 7.16. The summed E-state index contributed by atoms with van der Waals surface area (Å²) in [7, 11) is 0. The summed E-state index contributed by atoms with van der Waals surface area (Å²) in [5.74, 6) is -1.67. The Morgan fingerprint density at radius 1 is 1.30 bits per heavy atom. The average molecular weight is 534 g/mol. The Bertz CT molecular complexity index is 1020. The summed E-state index contributed by atoms with van der Waals surface area (Å²) in [5.41, 5.74) is 0.101. The van der Waals surface area contributed by atoms with Gasteiger partial charge in [0.05, 0.1) is 46.5 Å². The van der Waals surface area contributed by atoms with Gasteiger partial charge in [-0.3, -0.25) is 9.59 Å². The lowest BCUT2D eigenvalue weighted by Crippen LogP contribution is -2.46. The number of cyclic esters (lactones) is 1. The zero-order valence-electron chi connectivity index (χ0n) is 23.0. The second-order valence-electron chi connectivity index (χ2n) is 11.6. The molecule has 0 aromatic carbocycles. The summed E-state index contributed by atoms with van der Waals surface area (Å²) in [6, 6.07) is 0. The molecular weight excluding hydrogens is 490 g/mol. The first-order valence-corrected chi connectivity index (χ1v) is 14.2. The largest absolute Gasteiger partial charge is 0.458 e. The van der Waals surface area contributed by atoms with E-state index in [1.54, 1.807) is 31.3 Å². The highest BCUT2D eigenvalue weighted by molar-refractivity contribution is 7.09. The van der Waals surface area contributed by atoms with Gasteiger partial charge in [-0.15, -0.1) is 17.9 Å². The molecule has 1 unspecified atom stereocenters. The van der Waals surface area contributed by atoms with Crippen LogP contribution >= 0.6 is 11.3 Å². The SMILES string of the molecule is C=CC[C@H]1C(=O)C(C)(C)[C@@H](O)CC(=O)O[C@H](C(C)=Cc2csc(C)n2)C[C@@H]2OC2(C)CCC[C@H](C)[C@@H]1O. The van der Waals surface area contributed by atoms with E-state index in [-0.39, 0.29) is 29.8 Å². The number of thiazole rings is 1. The van der Waals surface area contributed by atoms with Crippen LogP contribution in [0.25, 0.3) is 6.08 Å². The molecule has 2 aliphatic rings. The third-order valence-corrected chi connectivity index (χ3v) is 8.96. The minimum atomic E-state index is -1.26. The number of fused-ring (bicyclic) bond motifs is 1. The Morgan fingerprint density at radius 3 is 2.62 bits per heavy atom. The van der Waals surface area contributed by atoms with Crippen molar-refractivity contribution in [3.63, 3.8) is 0 Å². The van der Waals surface area contributed by atoms with Crippen molar-refractivity contribution < 1.29 is 29.3 Å². The molecule has 0 bridgehead atoms. The maximum Gasteiger partial charge on any atom is 0.309 e. The second kappa shape index (κ2) is 11.9. The summed E-state index contributed by atoms with van der Waals surface area (Å²) < 4.78 is 12.0. The van der Waals surface area contributed by atoms with Gasteiger partial charge in [-0.2, -0.15) is 0 Å². The Labute approximate surface area is 225 Å². The lowest BCUT2D eigenvalue weighted by molar-refractivity contribution is -0.154. The van der Waals surface area contributed by atoms with E-state index in [1.807, 2.05) is 32.2 Å². The van der Waals surface area contributed by atoms with E-state index in [0.717, 1.165) is 35.5 Å². The van der Waals surface area contributed by atoms with Gasteiger partial charge in [0.25, 0.3) is 0 Å². The number of nitrogens with zero attached hydrogens (tertiary/aromatic N) is 1. The van der Waals surface area contributed by atoms with Gasteiger partial charge in [0.1, 0.15) is 11.9 Å². The molecule has 2 fully saturated rings. The zero-order valence-corrected chi connectivity index (χ0v) is 23.8. The number of carbonyl (C=O) groups is 2. The first-order chi connectivity index (χ1) is 17.3. The molecule has 0 radical (unpaired) electrons. The molecule has 3 heterocycles. The number of aromatic nitrogens is 1. The summed E-state index contributed by atoms with van der Waals surface area (Å²) in [5, 5.41) is 25.0. The molecule has 7 nitrogen and oxygen atoms in total. The third-order valence-electron chi connectivity index (χ3n) is 8.17. The fourth-order valence-electron chi connectivity index (χ4n) is 5.29. The number of rotatable bonds is 4. The van der Waals surface area contributed by atoms with Gasteiger partial charge in [-0.1, -0.05) is 33.3 Å².